The summed E-state index contributed by atoms with van der Waals surface area (Å²) in [7, 11) is 0. The second-order valence-electron chi connectivity index (χ2n) is 2.55. The fourth-order valence-electron chi connectivity index (χ4n) is 0.709. The van der Waals surface area contributed by atoms with E-state index in [0.717, 1.165) is 12.8 Å². The van der Waals surface area contributed by atoms with Crippen LogP contribution in [-0.2, 0) is 14.6 Å². The molecule has 0 atom stereocenters. The highest BCUT2D eigenvalue weighted by molar-refractivity contribution is 5.69. The second kappa shape index (κ2) is 9.56. The summed E-state index contributed by atoms with van der Waals surface area (Å²) in [6.45, 7) is 3.78. The first-order valence-corrected chi connectivity index (χ1v) is 4.38. The summed E-state index contributed by atoms with van der Waals surface area (Å²) in [6, 6.07) is 0. The van der Waals surface area contributed by atoms with Crippen molar-refractivity contribution in [3.05, 3.63) is 0 Å². The van der Waals surface area contributed by atoms with Crippen molar-refractivity contribution in [2.75, 3.05) is 0 Å². The Bertz CT molecular complexity index is 218. The molecule has 0 aromatic heterocycles. The van der Waals surface area contributed by atoms with Crippen molar-refractivity contribution in [2.24, 2.45) is 5.92 Å². The van der Waals surface area contributed by atoms with Crippen LogP contribution < -0.4 is 0 Å². The third kappa shape index (κ3) is 12.0. The fraction of sp³-hybridized carbons (Fsp3) is 0.625. The summed E-state index contributed by atoms with van der Waals surface area (Å²) in [6.07, 6.45) is -2.11. The lowest BCUT2D eigenvalue weighted by molar-refractivity contribution is -0.208. The van der Waals surface area contributed by atoms with Crippen LogP contribution in [-0.4, -0.2) is 33.6 Å². The Kier molecular flexibility index (Phi) is 9.82. The zero-order valence-electron chi connectivity index (χ0n) is 8.87. The molecule has 8 nitrogen and oxygen atoms in total. The van der Waals surface area contributed by atoms with Gasteiger partial charge in [-0.2, -0.15) is 0 Å². The molecule has 16 heavy (non-hydrogen) atoms. The molecular formula is C8H14O8. The fourth-order valence-corrected chi connectivity index (χ4v) is 0.709. The van der Waals surface area contributed by atoms with E-state index in [1.54, 1.807) is 0 Å². The minimum Gasteiger partial charge on any atom is -0.481 e. The van der Waals surface area contributed by atoms with Gasteiger partial charge < -0.3 is 15.3 Å². The van der Waals surface area contributed by atoms with Crippen LogP contribution in [0.25, 0.3) is 0 Å². The van der Waals surface area contributed by atoms with Crippen LogP contribution in [0.5, 0.6) is 0 Å². The average molecular weight is 238 g/mol. The summed E-state index contributed by atoms with van der Waals surface area (Å²) in [5.41, 5.74) is 0. The highest BCUT2D eigenvalue weighted by atomic mass is 17.2. The largest absolute Gasteiger partial charge is 0.547 e. The van der Waals surface area contributed by atoms with Gasteiger partial charge in [-0.3, -0.25) is 4.79 Å². The maximum Gasteiger partial charge on any atom is 0.547 e. The molecule has 0 aromatic carbocycles. The molecule has 0 radical (unpaired) electrons. The van der Waals surface area contributed by atoms with E-state index < -0.39 is 18.3 Å². The molecule has 94 valence electrons. The number of carbonyl (C=O) groups is 3. The van der Waals surface area contributed by atoms with Crippen LogP contribution in [0.4, 0.5) is 9.59 Å². The molecule has 8 heteroatoms. The van der Waals surface area contributed by atoms with E-state index in [1.807, 2.05) is 13.8 Å². The van der Waals surface area contributed by atoms with Gasteiger partial charge in [-0.1, -0.05) is 13.8 Å². The summed E-state index contributed by atoms with van der Waals surface area (Å²) < 4.78 is 0. The van der Waals surface area contributed by atoms with Crippen LogP contribution in [0.1, 0.15) is 26.7 Å². The molecule has 0 bridgehead atoms. The maximum absolute atomic E-state index is 10.2. The Morgan fingerprint density at radius 3 is 1.31 bits per heavy atom. The van der Waals surface area contributed by atoms with E-state index in [1.165, 1.54) is 0 Å². The first kappa shape index (κ1) is 16.4. The van der Waals surface area contributed by atoms with Crippen molar-refractivity contribution in [3.63, 3.8) is 0 Å². The lowest BCUT2D eigenvalue weighted by Crippen LogP contribution is -2.10. The predicted octanol–water partition coefficient (Wildman–Crippen LogP) is 1.80. The number of aliphatic carboxylic acids is 1. The molecule has 0 aliphatic carbocycles. The molecule has 0 fully saturated rings. The molecular weight excluding hydrogens is 224 g/mol. The van der Waals surface area contributed by atoms with Crippen molar-refractivity contribution < 1.29 is 39.5 Å². The molecule has 0 aromatic rings. The Morgan fingerprint density at radius 2 is 1.25 bits per heavy atom. The maximum atomic E-state index is 10.2. The summed E-state index contributed by atoms with van der Waals surface area (Å²) in [4.78, 5) is 35.0. The van der Waals surface area contributed by atoms with Crippen molar-refractivity contribution in [3.8, 4) is 0 Å². The van der Waals surface area contributed by atoms with E-state index in [2.05, 4.69) is 9.78 Å². The smallest absolute Gasteiger partial charge is 0.481 e. The van der Waals surface area contributed by atoms with Gasteiger partial charge >= 0.3 is 18.3 Å². The van der Waals surface area contributed by atoms with Gasteiger partial charge in [0, 0.05) is 0 Å². The molecule has 0 aliphatic heterocycles. The highest BCUT2D eigenvalue weighted by Crippen LogP contribution is 2.05. The average Bonchev–Trinajstić information content (AvgIpc) is 2.17. The third-order valence-corrected chi connectivity index (χ3v) is 1.52. The SMILES string of the molecule is CCC(CC)C(=O)O.O=C(O)OOC(=O)O. The lowest BCUT2D eigenvalue weighted by atomic mass is 10.1. The standard InChI is InChI=1S/C6H12O2.C2H2O6/c1-3-5(4-2)6(7)8;3-1(4)7-8-2(5)6/h5H,3-4H2,1-2H3,(H,7,8);(H,3,4)(H,5,6). The van der Waals surface area contributed by atoms with Crippen LogP contribution in [0.2, 0.25) is 0 Å². The van der Waals surface area contributed by atoms with Crippen molar-refractivity contribution in [1.29, 1.82) is 0 Å². The first-order chi connectivity index (χ1) is 7.34. The van der Waals surface area contributed by atoms with E-state index in [4.69, 9.17) is 15.3 Å². The minimum absolute atomic E-state index is 0.130. The quantitative estimate of drug-likeness (QED) is 0.501. The highest BCUT2D eigenvalue weighted by Gasteiger charge is 2.10. The summed E-state index contributed by atoms with van der Waals surface area (Å²) in [5, 5.41) is 23.5. The monoisotopic (exact) mass is 238 g/mol. The Morgan fingerprint density at radius 1 is 0.938 bits per heavy atom. The van der Waals surface area contributed by atoms with E-state index in [0.29, 0.717) is 0 Å². The molecule has 0 rings (SSSR count). The number of hydrogen-bond donors (Lipinski definition) is 3. The number of rotatable bonds is 3. The summed E-state index contributed by atoms with van der Waals surface area (Å²) in [5.74, 6) is -0.801. The topological polar surface area (TPSA) is 130 Å². The van der Waals surface area contributed by atoms with Crippen LogP contribution in [0.3, 0.4) is 0 Å². The second-order valence-corrected chi connectivity index (χ2v) is 2.55. The van der Waals surface area contributed by atoms with Crippen LogP contribution in [0, 0.1) is 5.92 Å². The number of hydrogen-bond acceptors (Lipinski definition) is 5. The van der Waals surface area contributed by atoms with E-state index >= 15 is 0 Å². The predicted molar refractivity (Wildman–Crippen MR) is 49.9 cm³/mol. The molecule has 0 heterocycles. The van der Waals surface area contributed by atoms with E-state index in [-0.39, 0.29) is 5.92 Å². The Hall–Kier alpha value is -1.99. The van der Waals surface area contributed by atoms with Gasteiger partial charge in [-0.25, -0.2) is 19.4 Å². The number of carboxylic acids is 1. The normalized spacial score (nSPS) is 8.69. The third-order valence-electron chi connectivity index (χ3n) is 1.52. The van der Waals surface area contributed by atoms with Gasteiger partial charge in [0.15, 0.2) is 0 Å². The Balaban J connectivity index is 0. The van der Waals surface area contributed by atoms with E-state index in [9.17, 15) is 14.4 Å². The molecule has 0 spiro atoms. The molecule has 0 aliphatic rings. The van der Waals surface area contributed by atoms with Gasteiger partial charge in [0.2, 0.25) is 0 Å². The zero-order chi connectivity index (χ0) is 13.1. The van der Waals surface area contributed by atoms with Crippen molar-refractivity contribution in [1.82, 2.24) is 0 Å². The van der Waals surface area contributed by atoms with Crippen molar-refractivity contribution in [2.45, 2.75) is 26.7 Å². The molecule has 0 amide bonds. The van der Waals surface area contributed by atoms with Gasteiger partial charge in [0.1, 0.15) is 0 Å². The molecule has 0 saturated carbocycles. The molecule has 0 saturated heterocycles. The lowest BCUT2D eigenvalue weighted by Gasteiger charge is -2.02. The molecule has 3 N–H and O–H groups in total. The van der Waals surface area contributed by atoms with Gasteiger partial charge in [0.05, 0.1) is 5.92 Å². The van der Waals surface area contributed by atoms with Gasteiger partial charge in [-0.05, 0) is 12.8 Å². The van der Waals surface area contributed by atoms with Gasteiger partial charge in [0.25, 0.3) is 0 Å². The molecule has 0 unspecified atom stereocenters. The van der Waals surface area contributed by atoms with Crippen molar-refractivity contribution >= 4 is 18.3 Å². The Labute approximate surface area is 91.3 Å². The zero-order valence-corrected chi connectivity index (χ0v) is 8.87. The first-order valence-electron chi connectivity index (χ1n) is 4.38. The summed E-state index contributed by atoms with van der Waals surface area (Å²) >= 11 is 0. The minimum atomic E-state index is -1.80. The van der Waals surface area contributed by atoms with Gasteiger partial charge in [-0.15, -0.1) is 0 Å². The number of carboxylic acid groups (broad SMARTS) is 3. The van der Waals surface area contributed by atoms with Crippen LogP contribution in [0.15, 0.2) is 0 Å². The van der Waals surface area contributed by atoms with Crippen LogP contribution >= 0.6 is 0 Å².